The van der Waals surface area contributed by atoms with E-state index in [2.05, 4.69) is 0 Å². The molecule has 2 nitrogen and oxygen atoms in total. The molecule has 1 saturated carbocycles. The van der Waals surface area contributed by atoms with Gasteiger partial charge in [0.15, 0.2) is 0 Å². The second kappa shape index (κ2) is 4.73. The molecule has 0 saturated heterocycles. The predicted octanol–water partition coefficient (Wildman–Crippen LogP) is 2.35. The van der Waals surface area contributed by atoms with Crippen molar-refractivity contribution in [3.05, 3.63) is 35.1 Å². The van der Waals surface area contributed by atoms with Crippen molar-refractivity contribution < 1.29 is 9.13 Å². The first-order chi connectivity index (χ1) is 7.29. The molecule has 3 heteroatoms. The number of halogens is 1. The van der Waals surface area contributed by atoms with Crippen molar-refractivity contribution in [2.75, 3.05) is 0 Å². The molecule has 0 unspecified atom stereocenters. The monoisotopic (exact) mass is 209 g/mol. The van der Waals surface area contributed by atoms with E-state index in [4.69, 9.17) is 10.5 Å². The van der Waals surface area contributed by atoms with Gasteiger partial charge in [0.05, 0.1) is 12.7 Å². The maximum absolute atomic E-state index is 13.1. The molecule has 2 rings (SSSR count). The van der Waals surface area contributed by atoms with E-state index in [-0.39, 0.29) is 12.4 Å². The number of rotatable bonds is 4. The Kier molecular flexibility index (Phi) is 3.34. The van der Waals surface area contributed by atoms with E-state index in [1.807, 2.05) is 0 Å². The first kappa shape index (κ1) is 10.6. The summed E-state index contributed by atoms with van der Waals surface area (Å²) in [6, 6.07) is 5.00. The van der Waals surface area contributed by atoms with Crippen LogP contribution >= 0.6 is 0 Å². The van der Waals surface area contributed by atoms with Crippen molar-refractivity contribution in [2.24, 2.45) is 5.73 Å². The molecule has 1 fully saturated rings. The molecule has 1 aromatic rings. The molecule has 0 radical (unpaired) electrons. The number of benzene rings is 1. The third-order valence-electron chi connectivity index (χ3n) is 2.87. The summed E-state index contributed by atoms with van der Waals surface area (Å²) in [7, 11) is 0. The fraction of sp³-hybridized carbons (Fsp3) is 0.500. The predicted molar refractivity (Wildman–Crippen MR) is 56.7 cm³/mol. The van der Waals surface area contributed by atoms with Gasteiger partial charge in [-0.25, -0.2) is 4.39 Å². The van der Waals surface area contributed by atoms with E-state index in [1.165, 1.54) is 12.5 Å². The second-order valence-corrected chi connectivity index (χ2v) is 3.99. The van der Waals surface area contributed by atoms with Gasteiger partial charge < -0.3 is 10.5 Å². The van der Waals surface area contributed by atoms with Crippen molar-refractivity contribution in [1.29, 1.82) is 0 Å². The van der Waals surface area contributed by atoms with Crippen LogP contribution in [0.5, 0.6) is 0 Å². The van der Waals surface area contributed by atoms with Crippen LogP contribution in [-0.2, 0) is 17.9 Å². The molecule has 0 amide bonds. The third-order valence-corrected chi connectivity index (χ3v) is 2.87. The molecule has 1 aliphatic carbocycles. The molecule has 0 aliphatic heterocycles. The Labute approximate surface area is 89.2 Å². The Morgan fingerprint density at radius 3 is 2.80 bits per heavy atom. The van der Waals surface area contributed by atoms with Gasteiger partial charge in [0.2, 0.25) is 0 Å². The standard InChI is InChI=1S/C12H16FNO/c13-12-5-4-9(6-10(12)7-14)8-15-11-2-1-3-11/h4-6,11H,1-3,7-8,14H2. The van der Waals surface area contributed by atoms with Crippen LogP contribution in [0.2, 0.25) is 0 Å². The molecular formula is C12H16FNO. The molecular weight excluding hydrogens is 193 g/mol. The Balaban J connectivity index is 1.95. The zero-order chi connectivity index (χ0) is 10.7. The van der Waals surface area contributed by atoms with Gasteiger partial charge in [-0.05, 0) is 37.0 Å². The average molecular weight is 209 g/mol. The normalized spacial score (nSPS) is 16.4. The summed E-state index contributed by atoms with van der Waals surface area (Å²) in [4.78, 5) is 0. The van der Waals surface area contributed by atoms with Gasteiger partial charge in [-0.1, -0.05) is 6.07 Å². The smallest absolute Gasteiger partial charge is 0.127 e. The van der Waals surface area contributed by atoms with Gasteiger partial charge in [0, 0.05) is 12.1 Å². The van der Waals surface area contributed by atoms with E-state index in [0.717, 1.165) is 18.4 Å². The topological polar surface area (TPSA) is 35.2 Å². The molecule has 0 atom stereocenters. The largest absolute Gasteiger partial charge is 0.374 e. The van der Waals surface area contributed by atoms with Crippen LogP contribution in [0.3, 0.4) is 0 Å². The molecule has 82 valence electrons. The quantitative estimate of drug-likeness (QED) is 0.826. The average Bonchev–Trinajstić information content (AvgIpc) is 2.18. The number of nitrogens with two attached hydrogens (primary N) is 1. The van der Waals surface area contributed by atoms with Crippen molar-refractivity contribution >= 4 is 0 Å². The van der Waals surface area contributed by atoms with E-state index in [0.29, 0.717) is 18.3 Å². The highest BCUT2D eigenvalue weighted by atomic mass is 19.1. The molecule has 0 heterocycles. The summed E-state index contributed by atoms with van der Waals surface area (Å²) in [5.41, 5.74) is 7.00. The van der Waals surface area contributed by atoms with Gasteiger partial charge in [0.25, 0.3) is 0 Å². The number of ether oxygens (including phenoxy) is 1. The summed E-state index contributed by atoms with van der Waals surface area (Å²) >= 11 is 0. The molecule has 0 aromatic heterocycles. The highest BCUT2D eigenvalue weighted by Gasteiger charge is 2.17. The van der Waals surface area contributed by atoms with Gasteiger partial charge >= 0.3 is 0 Å². The zero-order valence-electron chi connectivity index (χ0n) is 8.71. The fourth-order valence-electron chi connectivity index (χ4n) is 1.63. The van der Waals surface area contributed by atoms with Crippen LogP contribution in [0.1, 0.15) is 30.4 Å². The summed E-state index contributed by atoms with van der Waals surface area (Å²) < 4.78 is 18.8. The van der Waals surface area contributed by atoms with Crippen LogP contribution in [0.4, 0.5) is 4.39 Å². The lowest BCUT2D eigenvalue weighted by atomic mass is 9.96. The van der Waals surface area contributed by atoms with Gasteiger partial charge in [-0.3, -0.25) is 0 Å². The third kappa shape index (κ3) is 2.55. The maximum atomic E-state index is 13.1. The zero-order valence-corrected chi connectivity index (χ0v) is 8.71. The Hall–Kier alpha value is -0.930. The molecule has 2 N–H and O–H groups in total. The Morgan fingerprint density at radius 2 is 2.20 bits per heavy atom. The minimum Gasteiger partial charge on any atom is -0.374 e. The molecule has 0 spiro atoms. The number of hydrogen-bond donors (Lipinski definition) is 1. The van der Waals surface area contributed by atoms with E-state index >= 15 is 0 Å². The van der Waals surface area contributed by atoms with Crippen molar-refractivity contribution in [3.8, 4) is 0 Å². The first-order valence-corrected chi connectivity index (χ1v) is 5.38. The minimum absolute atomic E-state index is 0.232. The van der Waals surface area contributed by atoms with Gasteiger partial charge in [-0.15, -0.1) is 0 Å². The first-order valence-electron chi connectivity index (χ1n) is 5.38. The van der Waals surface area contributed by atoms with Crippen LogP contribution in [0, 0.1) is 5.82 Å². The van der Waals surface area contributed by atoms with Gasteiger partial charge in [-0.2, -0.15) is 0 Å². The molecule has 1 aliphatic rings. The minimum atomic E-state index is -0.232. The van der Waals surface area contributed by atoms with Gasteiger partial charge in [0.1, 0.15) is 5.82 Å². The highest BCUT2D eigenvalue weighted by Crippen LogP contribution is 2.23. The lowest BCUT2D eigenvalue weighted by Gasteiger charge is -2.25. The molecule has 15 heavy (non-hydrogen) atoms. The summed E-state index contributed by atoms with van der Waals surface area (Å²) in [5, 5.41) is 0. The lowest BCUT2D eigenvalue weighted by molar-refractivity contribution is -0.00870. The van der Waals surface area contributed by atoms with Crippen molar-refractivity contribution in [2.45, 2.75) is 38.5 Å². The fourth-order valence-corrected chi connectivity index (χ4v) is 1.63. The number of hydrogen-bond acceptors (Lipinski definition) is 2. The van der Waals surface area contributed by atoms with Crippen LogP contribution < -0.4 is 5.73 Å². The Bertz CT molecular complexity index is 336. The van der Waals surface area contributed by atoms with Crippen molar-refractivity contribution in [1.82, 2.24) is 0 Å². The maximum Gasteiger partial charge on any atom is 0.127 e. The highest BCUT2D eigenvalue weighted by molar-refractivity contribution is 5.24. The SMILES string of the molecule is NCc1cc(COC2CCC2)ccc1F. The summed E-state index contributed by atoms with van der Waals surface area (Å²) in [6.07, 6.45) is 3.99. The summed E-state index contributed by atoms with van der Waals surface area (Å²) in [6.45, 7) is 0.807. The van der Waals surface area contributed by atoms with Crippen molar-refractivity contribution in [3.63, 3.8) is 0 Å². The lowest BCUT2D eigenvalue weighted by Crippen LogP contribution is -2.21. The van der Waals surface area contributed by atoms with Crippen LogP contribution in [0.25, 0.3) is 0 Å². The van der Waals surface area contributed by atoms with E-state index < -0.39 is 0 Å². The van der Waals surface area contributed by atoms with E-state index in [1.54, 1.807) is 12.1 Å². The summed E-state index contributed by atoms with van der Waals surface area (Å²) in [5.74, 6) is -0.232. The van der Waals surface area contributed by atoms with E-state index in [9.17, 15) is 4.39 Å². The van der Waals surface area contributed by atoms with Crippen LogP contribution in [0.15, 0.2) is 18.2 Å². The molecule has 1 aromatic carbocycles. The molecule has 0 bridgehead atoms. The Morgan fingerprint density at radius 1 is 1.40 bits per heavy atom. The van der Waals surface area contributed by atoms with Crippen LogP contribution in [-0.4, -0.2) is 6.10 Å². The second-order valence-electron chi connectivity index (χ2n) is 3.99.